The highest BCUT2D eigenvalue weighted by Crippen LogP contribution is 2.30. The Hall–Kier alpha value is -0.490. The van der Waals surface area contributed by atoms with Gasteiger partial charge in [0.15, 0.2) is 0 Å². The van der Waals surface area contributed by atoms with Gasteiger partial charge in [-0.25, -0.2) is 4.98 Å². The summed E-state index contributed by atoms with van der Waals surface area (Å²) in [5.41, 5.74) is 9.44. The van der Waals surface area contributed by atoms with Crippen LogP contribution in [0.3, 0.4) is 0 Å². The second-order valence-corrected chi connectivity index (χ2v) is 7.78. The molecular weight excluding hydrogens is 280 g/mol. The van der Waals surface area contributed by atoms with E-state index in [9.17, 15) is 0 Å². The first-order valence-electron chi connectivity index (χ1n) is 7.99. The molecule has 0 amide bonds. The van der Waals surface area contributed by atoms with Gasteiger partial charge in [-0.05, 0) is 45.8 Å². The Morgan fingerprint density at radius 3 is 2.57 bits per heavy atom. The molecule has 1 fully saturated rings. The molecule has 5 heteroatoms. The van der Waals surface area contributed by atoms with Crippen molar-refractivity contribution < 1.29 is 0 Å². The summed E-state index contributed by atoms with van der Waals surface area (Å²) < 4.78 is 0. The maximum Gasteiger partial charge on any atom is 0.0798 e. The van der Waals surface area contributed by atoms with E-state index >= 15 is 0 Å². The molecule has 2 rings (SSSR count). The molecule has 2 N–H and O–H groups in total. The first-order chi connectivity index (χ1) is 9.97. The summed E-state index contributed by atoms with van der Waals surface area (Å²) in [6.07, 6.45) is 2.34. The number of rotatable bonds is 6. The van der Waals surface area contributed by atoms with Crippen molar-refractivity contribution in [3.8, 4) is 0 Å². The largest absolute Gasteiger partial charge is 0.329 e. The summed E-state index contributed by atoms with van der Waals surface area (Å²) in [6.45, 7) is 11.9. The van der Waals surface area contributed by atoms with Gasteiger partial charge in [0, 0.05) is 30.1 Å². The molecule has 0 spiro atoms. The van der Waals surface area contributed by atoms with Crippen LogP contribution in [0.1, 0.15) is 37.3 Å². The number of likely N-dealkylation sites (N-methyl/N-ethyl adjacent to an activating group) is 1. The second kappa shape index (κ2) is 7.18. The average Bonchev–Trinajstić information content (AvgIpc) is 2.85. The van der Waals surface area contributed by atoms with Crippen LogP contribution in [-0.4, -0.2) is 53.5 Å². The molecule has 0 radical (unpaired) electrons. The molecule has 0 atom stereocenters. The second-order valence-electron chi connectivity index (χ2n) is 6.84. The first-order valence-corrected chi connectivity index (χ1v) is 8.87. The predicted octanol–water partition coefficient (Wildman–Crippen LogP) is 2.33. The molecule has 4 nitrogen and oxygen atoms in total. The number of piperidine rings is 1. The zero-order chi connectivity index (χ0) is 15.5. The van der Waals surface area contributed by atoms with Gasteiger partial charge in [-0.3, -0.25) is 4.90 Å². The smallest absolute Gasteiger partial charge is 0.0798 e. The third kappa shape index (κ3) is 4.03. The normalized spacial score (nSPS) is 19.6. The molecule has 120 valence electrons. The van der Waals surface area contributed by atoms with Crippen molar-refractivity contribution in [2.75, 3.05) is 33.2 Å². The summed E-state index contributed by atoms with van der Waals surface area (Å²) >= 11 is 1.76. The molecule has 1 aliphatic rings. The zero-order valence-electron chi connectivity index (χ0n) is 13.9. The molecule has 0 aliphatic carbocycles. The van der Waals surface area contributed by atoms with Crippen LogP contribution in [-0.2, 0) is 6.54 Å². The van der Waals surface area contributed by atoms with E-state index in [4.69, 9.17) is 5.73 Å². The van der Waals surface area contributed by atoms with Crippen LogP contribution in [0, 0.1) is 12.8 Å². The van der Waals surface area contributed by atoms with Crippen LogP contribution in [0.5, 0.6) is 0 Å². The Balaban J connectivity index is 1.97. The lowest BCUT2D eigenvalue weighted by Crippen LogP contribution is -2.58. The van der Waals surface area contributed by atoms with E-state index in [2.05, 4.69) is 42.6 Å². The van der Waals surface area contributed by atoms with Crippen molar-refractivity contribution in [2.45, 2.75) is 45.7 Å². The summed E-state index contributed by atoms with van der Waals surface area (Å²) in [6, 6.07) is 0. The van der Waals surface area contributed by atoms with Crippen molar-refractivity contribution in [3.05, 3.63) is 16.1 Å². The quantitative estimate of drug-likeness (QED) is 0.876. The molecular formula is C16H30N4S. The van der Waals surface area contributed by atoms with Gasteiger partial charge in [-0.15, -0.1) is 11.3 Å². The standard InChI is InChI=1S/C16H30N4S/c1-13(2)9-20-7-5-16(11-17,6-8-20)19(4)10-15-14(3)18-12-21-15/h12-13H,5-11,17H2,1-4H3. The van der Waals surface area contributed by atoms with Gasteiger partial charge in [0.25, 0.3) is 0 Å². The average molecular weight is 311 g/mol. The molecule has 0 aromatic carbocycles. The lowest BCUT2D eigenvalue weighted by Gasteiger charge is -2.47. The van der Waals surface area contributed by atoms with E-state index < -0.39 is 0 Å². The fourth-order valence-electron chi connectivity index (χ4n) is 3.27. The molecule has 1 aliphatic heterocycles. The molecule has 1 saturated heterocycles. The number of likely N-dealkylation sites (tertiary alicyclic amines) is 1. The fraction of sp³-hybridized carbons (Fsp3) is 0.812. The minimum absolute atomic E-state index is 0.157. The summed E-state index contributed by atoms with van der Waals surface area (Å²) in [5, 5.41) is 0. The lowest BCUT2D eigenvalue weighted by atomic mass is 9.85. The monoisotopic (exact) mass is 310 g/mol. The Labute approximate surface area is 133 Å². The van der Waals surface area contributed by atoms with Crippen molar-refractivity contribution in [1.82, 2.24) is 14.8 Å². The molecule has 0 bridgehead atoms. The zero-order valence-corrected chi connectivity index (χ0v) is 14.7. The van der Waals surface area contributed by atoms with Crippen LogP contribution in [0.2, 0.25) is 0 Å². The van der Waals surface area contributed by atoms with E-state index in [0.29, 0.717) is 0 Å². The number of nitrogens with two attached hydrogens (primary N) is 1. The van der Waals surface area contributed by atoms with E-state index in [1.807, 2.05) is 5.51 Å². The van der Waals surface area contributed by atoms with Crippen molar-refractivity contribution in [1.29, 1.82) is 0 Å². The molecule has 2 heterocycles. The van der Waals surface area contributed by atoms with E-state index in [1.165, 1.54) is 37.4 Å². The van der Waals surface area contributed by atoms with Gasteiger partial charge in [0.2, 0.25) is 0 Å². The van der Waals surface area contributed by atoms with E-state index in [-0.39, 0.29) is 5.54 Å². The van der Waals surface area contributed by atoms with Crippen LogP contribution in [0.4, 0.5) is 0 Å². The Kier molecular flexibility index (Phi) is 5.77. The summed E-state index contributed by atoms with van der Waals surface area (Å²) in [7, 11) is 2.23. The SMILES string of the molecule is Cc1ncsc1CN(C)C1(CN)CCN(CC(C)C)CC1. The molecule has 1 aromatic rings. The topological polar surface area (TPSA) is 45.4 Å². The number of aryl methyl sites for hydroxylation is 1. The Morgan fingerprint density at radius 2 is 2.10 bits per heavy atom. The van der Waals surface area contributed by atoms with Gasteiger partial charge in [0.05, 0.1) is 11.2 Å². The first kappa shape index (κ1) is 16.9. The van der Waals surface area contributed by atoms with Crippen LogP contribution in [0.15, 0.2) is 5.51 Å². The fourth-order valence-corrected chi connectivity index (χ4v) is 4.10. The molecule has 0 saturated carbocycles. The Bertz CT molecular complexity index is 435. The lowest BCUT2D eigenvalue weighted by molar-refractivity contribution is 0.0369. The Morgan fingerprint density at radius 1 is 1.43 bits per heavy atom. The maximum atomic E-state index is 6.18. The maximum absolute atomic E-state index is 6.18. The van der Waals surface area contributed by atoms with Gasteiger partial charge >= 0.3 is 0 Å². The van der Waals surface area contributed by atoms with Gasteiger partial charge in [0.1, 0.15) is 0 Å². The third-order valence-electron chi connectivity index (χ3n) is 4.83. The number of aromatic nitrogens is 1. The third-order valence-corrected chi connectivity index (χ3v) is 5.75. The highest BCUT2D eigenvalue weighted by atomic mass is 32.1. The predicted molar refractivity (Wildman–Crippen MR) is 90.6 cm³/mol. The van der Waals surface area contributed by atoms with Gasteiger partial charge < -0.3 is 10.6 Å². The van der Waals surface area contributed by atoms with Crippen molar-refractivity contribution >= 4 is 11.3 Å². The van der Waals surface area contributed by atoms with Crippen molar-refractivity contribution in [2.24, 2.45) is 11.7 Å². The minimum atomic E-state index is 0.157. The van der Waals surface area contributed by atoms with E-state index in [0.717, 1.165) is 24.7 Å². The minimum Gasteiger partial charge on any atom is -0.329 e. The van der Waals surface area contributed by atoms with Crippen molar-refractivity contribution in [3.63, 3.8) is 0 Å². The van der Waals surface area contributed by atoms with Crippen LogP contribution >= 0.6 is 11.3 Å². The van der Waals surface area contributed by atoms with Gasteiger partial charge in [-0.1, -0.05) is 13.8 Å². The van der Waals surface area contributed by atoms with Crippen LogP contribution in [0.25, 0.3) is 0 Å². The van der Waals surface area contributed by atoms with E-state index in [1.54, 1.807) is 11.3 Å². The molecule has 21 heavy (non-hydrogen) atoms. The van der Waals surface area contributed by atoms with Gasteiger partial charge in [-0.2, -0.15) is 0 Å². The summed E-state index contributed by atoms with van der Waals surface area (Å²) in [4.78, 5) is 10.8. The number of nitrogens with zero attached hydrogens (tertiary/aromatic N) is 3. The molecule has 1 aromatic heterocycles. The number of thiazole rings is 1. The number of hydrogen-bond acceptors (Lipinski definition) is 5. The highest BCUT2D eigenvalue weighted by molar-refractivity contribution is 7.09. The highest BCUT2D eigenvalue weighted by Gasteiger charge is 2.37. The number of hydrogen-bond donors (Lipinski definition) is 1. The summed E-state index contributed by atoms with van der Waals surface area (Å²) in [5.74, 6) is 0.743. The van der Waals surface area contributed by atoms with Crippen LogP contribution < -0.4 is 5.73 Å². The molecule has 0 unspecified atom stereocenters.